The zero-order valence-corrected chi connectivity index (χ0v) is 21.0. The van der Waals surface area contributed by atoms with Gasteiger partial charge in [0.1, 0.15) is 24.7 Å². The van der Waals surface area contributed by atoms with Gasteiger partial charge in [-0.1, -0.05) is 77.6 Å². The summed E-state index contributed by atoms with van der Waals surface area (Å²) in [6, 6.07) is -1.01. The van der Waals surface area contributed by atoms with Gasteiger partial charge in [-0.3, -0.25) is 19.3 Å². The lowest BCUT2D eigenvalue weighted by molar-refractivity contribution is -0.138. The van der Waals surface area contributed by atoms with Gasteiger partial charge in [0.15, 0.2) is 0 Å². The molecule has 3 amide bonds. The maximum absolute atomic E-state index is 12.7. The number of carbonyl (C=O) groups excluding carboxylic acids is 3. The van der Waals surface area contributed by atoms with Crippen LogP contribution in [-0.4, -0.2) is 58.6 Å². The van der Waals surface area contributed by atoms with Crippen molar-refractivity contribution in [1.82, 2.24) is 10.2 Å². The van der Waals surface area contributed by atoms with Gasteiger partial charge in [0.05, 0.1) is 0 Å². The normalized spacial score (nSPS) is 12.1. The van der Waals surface area contributed by atoms with Crippen molar-refractivity contribution in [2.75, 3.05) is 13.1 Å². The Morgan fingerprint density at radius 3 is 1.82 bits per heavy atom. The molecule has 0 saturated carbocycles. The largest absolute Gasteiger partial charge is 0.480 e. The number of nitrogens with zero attached hydrogens (tertiary/aromatic N) is 1. The molecule has 0 spiro atoms. The van der Waals surface area contributed by atoms with E-state index in [0.29, 0.717) is 12.8 Å². The highest BCUT2D eigenvalue weighted by molar-refractivity contribution is 5.89. The predicted molar refractivity (Wildman–Crippen MR) is 128 cm³/mol. The molecule has 33 heavy (non-hydrogen) atoms. The summed E-state index contributed by atoms with van der Waals surface area (Å²) in [5.74, 6) is -2.63. The number of carbonyl (C=O) groups is 4. The SMILES string of the molecule is CCCCCCCCCCCCCC(C(N)=O)N(CC(=O)NCC(=O)O)C(=O)OC(C)(C)C. The van der Waals surface area contributed by atoms with Crippen molar-refractivity contribution >= 4 is 23.9 Å². The molecule has 0 aromatic heterocycles. The van der Waals surface area contributed by atoms with Crippen molar-refractivity contribution in [1.29, 1.82) is 0 Å². The van der Waals surface area contributed by atoms with Gasteiger partial charge >= 0.3 is 12.1 Å². The van der Waals surface area contributed by atoms with Crippen LogP contribution in [0.4, 0.5) is 4.79 Å². The average molecular weight is 472 g/mol. The molecule has 1 unspecified atom stereocenters. The predicted octanol–water partition coefficient (Wildman–Crippen LogP) is 3.98. The molecule has 4 N–H and O–H groups in total. The number of hydrogen-bond donors (Lipinski definition) is 3. The third kappa shape index (κ3) is 16.9. The van der Waals surface area contributed by atoms with Crippen LogP contribution in [-0.2, 0) is 19.1 Å². The maximum Gasteiger partial charge on any atom is 0.411 e. The summed E-state index contributed by atoms with van der Waals surface area (Å²) in [5.41, 5.74) is 4.73. The number of nitrogens with two attached hydrogens (primary N) is 1. The monoisotopic (exact) mass is 471 g/mol. The van der Waals surface area contributed by atoms with E-state index in [-0.39, 0.29) is 0 Å². The Morgan fingerprint density at radius 1 is 0.909 bits per heavy atom. The molecule has 0 bridgehead atoms. The minimum Gasteiger partial charge on any atom is -0.480 e. The van der Waals surface area contributed by atoms with Crippen molar-refractivity contribution in [3.8, 4) is 0 Å². The highest BCUT2D eigenvalue weighted by Crippen LogP contribution is 2.17. The van der Waals surface area contributed by atoms with Gasteiger partial charge in [0.2, 0.25) is 11.8 Å². The Kier molecular flexibility index (Phi) is 16.0. The van der Waals surface area contributed by atoms with Crippen LogP contribution in [0.3, 0.4) is 0 Å². The van der Waals surface area contributed by atoms with Gasteiger partial charge < -0.3 is 20.9 Å². The second kappa shape index (κ2) is 17.2. The number of nitrogens with one attached hydrogen (secondary N) is 1. The smallest absolute Gasteiger partial charge is 0.411 e. The molecular formula is C24H45N3O6. The van der Waals surface area contributed by atoms with E-state index < -0.39 is 48.6 Å². The lowest BCUT2D eigenvalue weighted by Gasteiger charge is -2.31. The van der Waals surface area contributed by atoms with Gasteiger partial charge in [-0.25, -0.2) is 4.79 Å². The standard InChI is InChI=1S/C24H45N3O6/c1-5-6-7-8-9-10-11-12-13-14-15-16-19(22(25)31)27(23(32)33-24(2,3)4)18-20(28)26-17-21(29)30/h19H,5-18H2,1-4H3,(H2,25,31)(H,26,28)(H,29,30). The first-order valence-electron chi connectivity index (χ1n) is 12.2. The molecule has 0 aromatic carbocycles. The highest BCUT2D eigenvalue weighted by Gasteiger charge is 2.33. The van der Waals surface area contributed by atoms with E-state index in [9.17, 15) is 19.2 Å². The van der Waals surface area contributed by atoms with Crippen molar-refractivity contribution in [2.24, 2.45) is 5.73 Å². The molecule has 9 nitrogen and oxygen atoms in total. The van der Waals surface area contributed by atoms with Gasteiger partial charge in [0.25, 0.3) is 0 Å². The quantitative estimate of drug-likeness (QED) is 0.258. The Hall–Kier alpha value is -2.32. The molecule has 1 atom stereocenters. The van der Waals surface area contributed by atoms with Crippen LogP contribution in [0.25, 0.3) is 0 Å². The molecule has 0 rings (SSSR count). The molecule has 0 radical (unpaired) electrons. The van der Waals surface area contributed by atoms with E-state index in [4.69, 9.17) is 15.6 Å². The van der Waals surface area contributed by atoms with Gasteiger partial charge in [-0.15, -0.1) is 0 Å². The van der Waals surface area contributed by atoms with E-state index in [0.717, 1.165) is 24.2 Å². The molecule has 0 heterocycles. The average Bonchev–Trinajstić information content (AvgIpc) is 2.70. The molecule has 0 aliphatic heterocycles. The minimum atomic E-state index is -1.21. The second-order valence-corrected chi connectivity index (χ2v) is 9.52. The topological polar surface area (TPSA) is 139 Å². The van der Waals surface area contributed by atoms with Crippen LogP contribution in [0.5, 0.6) is 0 Å². The van der Waals surface area contributed by atoms with E-state index in [1.807, 2.05) is 0 Å². The number of aliphatic carboxylic acids is 1. The summed E-state index contributed by atoms with van der Waals surface area (Å²) >= 11 is 0. The zero-order chi connectivity index (χ0) is 25.3. The van der Waals surface area contributed by atoms with Crippen molar-refractivity contribution in [2.45, 2.75) is 116 Å². The Labute approximate surface area is 198 Å². The summed E-state index contributed by atoms with van der Waals surface area (Å²) in [4.78, 5) is 48.6. The fourth-order valence-corrected chi connectivity index (χ4v) is 3.46. The second-order valence-electron chi connectivity index (χ2n) is 9.52. The Bertz CT molecular complexity index is 603. The summed E-state index contributed by atoms with van der Waals surface area (Å²) in [6.07, 6.45) is 12.1. The van der Waals surface area contributed by atoms with Gasteiger partial charge in [0, 0.05) is 0 Å². The van der Waals surface area contributed by atoms with Crippen LogP contribution >= 0.6 is 0 Å². The summed E-state index contributed by atoms with van der Waals surface area (Å²) in [5, 5.41) is 10.9. The van der Waals surface area contributed by atoms with E-state index in [2.05, 4.69) is 12.2 Å². The summed E-state index contributed by atoms with van der Waals surface area (Å²) < 4.78 is 5.35. The molecule has 9 heteroatoms. The highest BCUT2D eigenvalue weighted by atomic mass is 16.6. The number of carboxylic acid groups (broad SMARTS) is 1. The van der Waals surface area contributed by atoms with E-state index >= 15 is 0 Å². The first-order valence-corrected chi connectivity index (χ1v) is 12.2. The molecule has 0 fully saturated rings. The van der Waals surface area contributed by atoms with Crippen molar-refractivity contribution in [3.05, 3.63) is 0 Å². The zero-order valence-electron chi connectivity index (χ0n) is 21.0. The van der Waals surface area contributed by atoms with Crippen molar-refractivity contribution < 1.29 is 29.0 Å². The fraction of sp³-hybridized carbons (Fsp3) is 0.833. The van der Waals surface area contributed by atoms with E-state index in [1.54, 1.807) is 20.8 Å². The Morgan fingerprint density at radius 2 is 1.39 bits per heavy atom. The molecule has 0 saturated heterocycles. The number of amides is 3. The first-order chi connectivity index (χ1) is 15.5. The summed E-state index contributed by atoms with van der Waals surface area (Å²) in [7, 11) is 0. The number of rotatable bonds is 18. The molecule has 0 aromatic rings. The first kappa shape index (κ1) is 30.7. The van der Waals surface area contributed by atoms with Crippen LogP contribution < -0.4 is 11.1 Å². The van der Waals surface area contributed by atoms with Crippen LogP contribution in [0.2, 0.25) is 0 Å². The third-order valence-electron chi connectivity index (χ3n) is 5.16. The molecular weight excluding hydrogens is 426 g/mol. The number of unbranched alkanes of at least 4 members (excludes halogenated alkanes) is 10. The lowest BCUT2D eigenvalue weighted by Crippen LogP contribution is -2.53. The number of carboxylic acids is 1. The molecule has 0 aliphatic carbocycles. The third-order valence-corrected chi connectivity index (χ3v) is 5.16. The number of ether oxygens (including phenoxy) is 1. The minimum absolute atomic E-state index is 0.317. The van der Waals surface area contributed by atoms with Crippen molar-refractivity contribution in [3.63, 3.8) is 0 Å². The molecule has 192 valence electrons. The lowest BCUT2D eigenvalue weighted by atomic mass is 10.0. The summed E-state index contributed by atoms with van der Waals surface area (Å²) in [6.45, 7) is 6.16. The Balaban J connectivity index is 4.70. The van der Waals surface area contributed by atoms with Crippen LogP contribution in [0, 0.1) is 0 Å². The molecule has 0 aliphatic rings. The van der Waals surface area contributed by atoms with Crippen LogP contribution in [0.1, 0.15) is 105 Å². The van der Waals surface area contributed by atoms with Gasteiger partial charge in [-0.05, 0) is 27.2 Å². The van der Waals surface area contributed by atoms with Crippen LogP contribution in [0.15, 0.2) is 0 Å². The number of primary amides is 1. The fourth-order valence-electron chi connectivity index (χ4n) is 3.46. The van der Waals surface area contributed by atoms with E-state index in [1.165, 1.54) is 44.9 Å². The maximum atomic E-state index is 12.7. The number of hydrogen-bond acceptors (Lipinski definition) is 5. The van der Waals surface area contributed by atoms with Gasteiger partial charge in [-0.2, -0.15) is 0 Å².